The van der Waals surface area contributed by atoms with E-state index in [1.807, 2.05) is 6.20 Å². The second kappa shape index (κ2) is 7.92. The molecule has 0 spiro atoms. The number of nitrogens with zero attached hydrogens (tertiary/aromatic N) is 2. The van der Waals surface area contributed by atoms with Gasteiger partial charge in [-0.05, 0) is 43.1 Å². The second-order valence-electron chi connectivity index (χ2n) is 5.40. The molecule has 5 heteroatoms. The Morgan fingerprint density at radius 1 is 1.53 bits per heavy atom. The average molecular weight is 282 g/mol. The van der Waals surface area contributed by atoms with Crippen LogP contribution in [0, 0.1) is 5.92 Å². The number of hydrogen-bond donors (Lipinski definition) is 2. The summed E-state index contributed by atoms with van der Waals surface area (Å²) in [6.45, 7) is 3.24. The Bertz CT molecular complexity index is 360. The number of aromatic nitrogens is 2. The molecule has 19 heavy (non-hydrogen) atoms. The van der Waals surface area contributed by atoms with Gasteiger partial charge in [-0.2, -0.15) is 11.8 Å². The van der Waals surface area contributed by atoms with E-state index in [2.05, 4.69) is 39.9 Å². The molecular formula is C14H26N4S. The molecule has 1 aromatic heterocycles. The van der Waals surface area contributed by atoms with Crippen LogP contribution < -0.4 is 11.3 Å². The standard InChI is InChI=1S/C14H26N4S/c1-2-6-18-7-5-16-14(18)11-13(17-15)10-12-3-8-19-9-4-12/h5,7,12-13,17H,2-4,6,8-11,15H2,1H3. The van der Waals surface area contributed by atoms with E-state index in [4.69, 9.17) is 5.84 Å². The summed E-state index contributed by atoms with van der Waals surface area (Å²) in [5.41, 5.74) is 3.00. The van der Waals surface area contributed by atoms with Gasteiger partial charge in [0, 0.05) is 31.4 Å². The van der Waals surface area contributed by atoms with Crippen molar-refractivity contribution < 1.29 is 0 Å². The molecule has 1 unspecified atom stereocenters. The normalized spacial score (nSPS) is 18.6. The van der Waals surface area contributed by atoms with Crippen molar-refractivity contribution in [2.75, 3.05) is 11.5 Å². The first-order chi connectivity index (χ1) is 9.33. The van der Waals surface area contributed by atoms with Crippen LogP contribution in [0.5, 0.6) is 0 Å². The predicted molar refractivity (Wildman–Crippen MR) is 82.0 cm³/mol. The highest BCUT2D eigenvalue weighted by molar-refractivity contribution is 7.99. The molecule has 0 amide bonds. The lowest BCUT2D eigenvalue weighted by Crippen LogP contribution is -2.39. The van der Waals surface area contributed by atoms with Crippen LogP contribution in [0.3, 0.4) is 0 Å². The summed E-state index contributed by atoms with van der Waals surface area (Å²) in [6.07, 6.45) is 9.91. The molecule has 2 rings (SSSR count). The Morgan fingerprint density at radius 3 is 3.00 bits per heavy atom. The molecule has 0 saturated carbocycles. The number of nitrogens with one attached hydrogen (secondary N) is 1. The lowest BCUT2D eigenvalue weighted by atomic mass is 9.93. The van der Waals surface area contributed by atoms with E-state index in [1.54, 1.807) is 0 Å². The van der Waals surface area contributed by atoms with Crippen molar-refractivity contribution in [2.24, 2.45) is 11.8 Å². The Kier molecular flexibility index (Phi) is 6.20. The maximum atomic E-state index is 5.74. The van der Waals surface area contributed by atoms with Gasteiger partial charge in [0.25, 0.3) is 0 Å². The summed E-state index contributed by atoms with van der Waals surface area (Å²) in [7, 11) is 0. The number of hydrazine groups is 1. The third kappa shape index (κ3) is 4.51. The molecule has 0 bridgehead atoms. The van der Waals surface area contributed by atoms with E-state index in [9.17, 15) is 0 Å². The summed E-state index contributed by atoms with van der Waals surface area (Å²) >= 11 is 2.08. The van der Waals surface area contributed by atoms with E-state index < -0.39 is 0 Å². The first kappa shape index (κ1) is 14.9. The molecule has 1 aromatic rings. The molecule has 1 atom stereocenters. The summed E-state index contributed by atoms with van der Waals surface area (Å²) in [5.74, 6) is 10.4. The summed E-state index contributed by atoms with van der Waals surface area (Å²) in [5, 5.41) is 0. The molecule has 0 radical (unpaired) electrons. The topological polar surface area (TPSA) is 55.9 Å². The zero-order valence-electron chi connectivity index (χ0n) is 11.8. The molecule has 108 valence electrons. The monoisotopic (exact) mass is 282 g/mol. The van der Waals surface area contributed by atoms with Crippen LogP contribution in [-0.2, 0) is 13.0 Å². The van der Waals surface area contributed by atoms with Crippen molar-refractivity contribution in [2.45, 2.75) is 51.6 Å². The first-order valence-electron chi connectivity index (χ1n) is 7.37. The third-order valence-corrected chi connectivity index (χ3v) is 4.94. The molecule has 0 aliphatic carbocycles. The largest absolute Gasteiger partial charge is 0.335 e. The molecular weight excluding hydrogens is 256 g/mol. The maximum absolute atomic E-state index is 5.74. The fourth-order valence-corrected chi connectivity index (χ4v) is 3.99. The molecule has 1 aliphatic rings. The zero-order chi connectivity index (χ0) is 13.5. The molecule has 1 aliphatic heterocycles. The molecule has 0 aromatic carbocycles. The number of hydrogen-bond acceptors (Lipinski definition) is 4. The smallest absolute Gasteiger partial charge is 0.110 e. The van der Waals surface area contributed by atoms with Gasteiger partial charge in [-0.15, -0.1) is 0 Å². The summed E-state index contributed by atoms with van der Waals surface area (Å²) in [4.78, 5) is 4.48. The lowest BCUT2D eigenvalue weighted by molar-refractivity contribution is 0.359. The molecule has 4 nitrogen and oxygen atoms in total. The number of rotatable bonds is 7. The van der Waals surface area contributed by atoms with Gasteiger partial charge in [0.1, 0.15) is 5.82 Å². The van der Waals surface area contributed by atoms with Gasteiger partial charge in [-0.1, -0.05) is 6.92 Å². The van der Waals surface area contributed by atoms with Crippen molar-refractivity contribution in [3.05, 3.63) is 18.2 Å². The second-order valence-corrected chi connectivity index (χ2v) is 6.62. The molecule has 1 saturated heterocycles. The van der Waals surface area contributed by atoms with Gasteiger partial charge in [0.05, 0.1) is 0 Å². The van der Waals surface area contributed by atoms with E-state index in [1.165, 1.54) is 30.8 Å². The number of nitrogens with two attached hydrogens (primary N) is 1. The first-order valence-corrected chi connectivity index (χ1v) is 8.52. The lowest BCUT2D eigenvalue weighted by Gasteiger charge is -2.26. The molecule has 2 heterocycles. The van der Waals surface area contributed by atoms with Crippen molar-refractivity contribution >= 4 is 11.8 Å². The maximum Gasteiger partial charge on any atom is 0.110 e. The Morgan fingerprint density at radius 2 is 2.32 bits per heavy atom. The van der Waals surface area contributed by atoms with Gasteiger partial charge in [0.15, 0.2) is 0 Å². The van der Waals surface area contributed by atoms with Gasteiger partial charge in [-0.25, -0.2) is 4.98 Å². The van der Waals surface area contributed by atoms with Crippen LogP contribution in [0.15, 0.2) is 12.4 Å². The number of imidazole rings is 1. The Balaban J connectivity index is 1.88. The highest BCUT2D eigenvalue weighted by Crippen LogP contribution is 2.26. The van der Waals surface area contributed by atoms with Crippen LogP contribution in [-0.4, -0.2) is 27.1 Å². The number of thioether (sulfide) groups is 1. The van der Waals surface area contributed by atoms with Crippen molar-refractivity contribution in [1.82, 2.24) is 15.0 Å². The molecule has 3 N–H and O–H groups in total. The highest BCUT2D eigenvalue weighted by atomic mass is 32.2. The minimum atomic E-state index is 0.353. The molecule has 1 fully saturated rings. The zero-order valence-corrected chi connectivity index (χ0v) is 12.7. The van der Waals surface area contributed by atoms with Crippen LogP contribution in [0.2, 0.25) is 0 Å². The average Bonchev–Trinajstić information content (AvgIpc) is 2.87. The quantitative estimate of drug-likeness (QED) is 0.594. The Hall–Kier alpha value is -0.520. The fourth-order valence-electron chi connectivity index (χ4n) is 2.79. The number of aryl methyl sites for hydroxylation is 1. The minimum Gasteiger partial charge on any atom is -0.335 e. The minimum absolute atomic E-state index is 0.353. The van der Waals surface area contributed by atoms with Crippen LogP contribution in [0.4, 0.5) is 0 Å². The van der Waals surface area contributed by atoms with E-state index in [-0.39, 0.29) is 0 Å². The van der Waals surface area contributed by atoms with Gasteiger partial charge in [0.2, 0.25) is 0 Å². The van der Waals surface area contributed by atoms with E-state index in [0.717, 1.165) is 31.1 Å². The SMILES string of the molecule is CCCn1ccnc1CC(CC1CCSCC1)NN. The van der Waals surface area contributed by atoms with Crippen LogP contribution >= 0.6 is 11.8 Å². The highest BCUT2D eigenvalue weighted by Gasteiger charge is 2.20. The predicted octanol–water partition coefficient (Wildman–Crippen LogP) is 2.20. The van der Waals surface area contributed by atoms with Crippen molar-refractivity contribution in [1.29, 1.82) is 0 Å². The van der Waals surface area contributed by atoms with Crippen molar-refractivity contribution in [3.8, 4) is 0 Å². The van der Waals surface area contributed by atoms with Gasteiger partial charge in [-0.3, -0.25) is 11.3 Å². The van der Waals surface area contributed by atoms with Crippen LogP contribution in [0.25, 0.3) is 0 Å². The third-order valence-electron chi connectivity index (χ3n) is 3.89. The summed E-state index contributed by atoms with van der Waals surface area (Å²) < 4.78 is 2.25. The summed E-state index contributed by atoms with van der Waals surface area (Å²) in [6, 6.07) is 0.353. The van der Waals surface area contributed by atoms with Crippen molar-refractivity contribution in [3.63, 3.8) is 0 Å². The van der Waals surface area contributed by atoms with E-state index in [0.29, 0.717) is 6.04 Å². The van der Waals surface area contributed by atoms with E-state index >= 15 is 0 Å². The van der Waals surface area contributed by atoms with Gasteiger partial charge >= 0.3 is 0 Å². The fraction of sp³-hybridized carbons (Fsp3) is 0.786. The Labute approximate surface area is 120 Å². The van der Waals surface area contributed by atoms with Crippen LogP contribution in [0.1, 0.15) is 38.4 Å². The van der Waals surface area contributed by atoms with Gasteiger partial charge < -0.3 is 4.57 Å².